The molecule has 0 fully saturated rings. The van der Waals surface area contributed by atoms with Crippen molar-refractivity contribution in [3.8, 4) is 5.75 Å². The topological polar surface area (TPSA) is 56.2 Å². The van der Waals surface area contributed by atoms with Crippen LogP contribution < -0.4 is 10.1 Å². The third-order valence-corrected chi connectivity index (χ3v) is 5.98. The van der Waals surface area contributed by atoms with Crippen LogP contribution in [0.2, 0.25) is 5.02 Å². The van der Waals surface area contributed by atoms with Crippen molar-refractivity contribution in [3.63, 3.8) is 0 Å². The van der Waals surface area contributed by atoms with E-state index in [0.29, 0.717) is 28.2 Å². The molecule has 0 bridgehead atoms. The third kappa shape index (κ3) is 4.35. The van der Waals surface area contributed by atoms with E-state index in [9.17, 15) is 4.79 Å². The molecule has 0 spiro atoms. The highest BCUT2D eigenvalue weighted by molar-refractivity contribution is 7.12. The first kappa shape index (κ1) is 20.4. The number of carbonyl (C=O) groups excluding carboxylic acids is 1. The molecule has 1 amide bonds. The van der Waals surface area contributed by atoms with Crippen LogP contribution in [0.4, 0.5) is 5.95 Å². The second-order valence-corrected chi connectivity index (χ2v) is 8.39. The molecular weight excluding hydrogens is 418 g/mol. The van der Waals surface area contributed by atoms with E-state index in [4.69, 9.17) is 16.3 Å². The molecule has 2 aromatic heterocycles. The smallest absolute Gasteiger partial charge is 0.268 e. The summed E-state index contributed by atoms with van der Waals surface area (Å²) in [5, 5.41) is 5.46. The Labute approximate surface area is 184 Å². The zero-order valence-electron chi connectivity index (χ0n) is 16.8. The molecule has 0 atom stereocenters. The molecule has 154 valence electrons. The van der Waals surface area contributed by atoms with Crippen LogP contribution >= 0.6 is 22.9 Å². The van der Waals surface area contributed by atoms with Gasteiger partial charge in [-0.25, -0.2) is 4.98 Å². The van der Waals surface area contributed by atoms with Crippen molar-refractivity contribution in [2.45, 2.75) is 33.4 Å². The van der Waals surface area contributed by atoms with Crippen molar-refractivity contribution in [3.05, 3.63) is 74.9 Å². The summed E-state index contributed by atoms with van der Waals surface area (Å²) in [5.74, 6) is 1.04. The van der Waals surface area contributed by atoms with E-state index in [1.807, 2.05) is 65.4 Å². The van der Waals surface area contributed by atoms with E-state index >= 15 is 0 Å². The van der Waals surface area contributed by atoms with Crippen molar-refractivity contribution < 1.29 is 9.53 Å². The molecule has 0 saturated carbocycles. The molecule has 30 heavy (non-hydrogen) atoms. The minimum Gasteiger partial charge on any atom is -0.487 e. The molecule has 4 aromatic rings. The van der Waals surface area contributed by atoms with Gasteiger partial charge in [-0.1, -0.05) is 36.7 Å². The number of para-hydroxylation sites is 2. The van der Waals surface area contributed by atoms with Gasteiger partial charge in [0.2, 0.25) is 5.95 Å². The van der Waals surface area contributed by atoms with Gasteiger partial charge < -0.3 is 9.30 Å². The Bertz CT molecular complexity index is 1200. The Morgan fingerprint density at radius 1 is 1.23 bits per heavy atom. The van der Waals surface area contributed by atoms with Crippen molar-refractivity contribution in [2.75, 3.05) is 5.32 Å². The third-order valence-electron chi connectivity index (χ3n) is 4.69. The fraction of sp³-hybridized carbons (Fsp3) is 0.217. The number of halogens is 1. The van der Waals surface area contributed by atoms with E-state index in [-0.39, 0.29) is 5.91 Å². The number of fused-ring (bicyclic) bond motifs is 1. The number of nitrogens with one attached hydrogen (secondary N) is 1. The predicted molar refractivity (Wildman–Crippen MR) is 123 cm³/mol. The highest BCUT2D eigenvalue weighted by Crippen LogP contribution is 2.27. The molecule has 0 saturated heterocycles. The molecule has 0 aliphatic heterocycles. The number of hydrogen-bond acceptors (Lipinski definition) is 4. The molecule has 2 heterocycles. The standard InChI is InChI=1S/C23H22ClN3O2S/c1-3-10-27-19-7-5-4-6-18(19)25-23(27)26-22(28)21-12-16(14-30-21)13-29-20-11-15(2)8-9-17(20)24/h4-9,11-12,14H,3,10,13H2,1-2H3,(H,25,26,28). The van der Waals surface area contributed by atoms with Crippen LogP contribution in [0.15, 0.2) is 53.9 Å². The van der Waals surface area contributed by atoms with Gasteiger partial charge in [-0.05, 0) is 54.6 Å². The Kier molecular flexibility index (Phi) is 6.06. The monoisotopic (exact) mass is 439 g/mol. The maximum atomic E-state index is 12.8. The van der Waals surface area contributed by atoms with Crippen LogP contribution in [-0.4, -0.2) is 15.5 Å². The fourth-order valence-corrected chi connectivity index (χ4v) is 4.20. The van der Waals surface area contributed by atoms with Gasteiger partial charge in [-0.2, -0.15) is 0 Å². The second-order valence-electron chi connectivity index (χ2n) is 7.07. The summed E-state index contributed by atoms with van der Waals surface area (Å²) >= 11 is 7.57. The number of amides is 1. The first-order valence-corrected chi connectivity index (χ1v) is 11.0. The Balaban J connectivity index is 1.47. The van der Waals surface area contributed by atoms with Gasteiger partial charge in [-0.15, -0.1) is 11.3 Å². The number of ether oxygens (including phenoxy) is 1. The second kappa shape index (κ2) is 8.90. The summed E-state index contributed by atoms with van der Waals surface area (Å²) < 4.78 is 7.88. The summed E-state index contributed by atoms with van der Waals surface area (Å²) in [7, 11) is 0. The number of carbonyl (C=O) groups is 1. The van der Waals surface area contributed by atoms with Gasteiger partial charge >= 0.3 is 0 Å². The molecule has 5 nitrogen and oxygen atoms in total. The van der Waals surface area contributed by atoms with Gasteiger partial charge in [-0.3, -0.25) is 10.1 Å². The molecule has 0 aliphatic rings. The number of imidazole rings is 1. The quantitative estimate of drug-likeness (QED) is 0.367. The van der Waals surface area contributed by atoms with Crippen molar-refractivity contribution in [1.82, 2.24) is 9.55 Å². The lowest BCUT2D eigenvalue weighted by Gasteiger charge is -2.08. The minimum absolute atomic E-state index is 0.174. The van der Waals surface area contributed by atoms with Gasteiger partial charge in [0.05, 0.1) is 20.9 Å². The Morgan fingerprint density at radius 3 is 2.90 bits per heavy atom. The molecule has 1 N–H and O–H groups in total. The highest BCUT2D eigenvalue weighted by atomic mass is 35.5. The molecule has 2 aromatic carbocycles. The van der Waals surface area contributed by atoms with Crippen molar-refractivity contribution in [1.29, 1.82) is 0 Å². The van der Waals surface area contributed by atoms with Gasteiger partial charge in [0.1, 0.15) is 12.4 Å². The average molecular weight is 440 g/mol. The summed E-state index contributed by atoms with van der Waals surface area (Å²) in [6.45, 7) is 5.23. The SMILES string of the molecule is CCCn1c(NC(=O)c2cc(COc3cc(C)ccc3Cl)cs2)nc2ccccc21. The number of aryl methyl sites for hydroxylation is 2. The lowest BCUT2D eigenvalue weighted by molar-refractivity contribution is 0.102. The van der Waals surface area contributed by atoms with Crippen LogP contribution in [0.25, 0.3) is 11.0 Å². The van der Waals surface area contributed by atoms with Crippen LogP contribution in [-0.2, 0) is 13.2 Å². The first-order chi connectivity index (χ1) is 14.5. The number of thiophene rings is 1. The lowest BCUT2D eigenvalue weighted by atomic mass is 10.2. The van der Waals surface area contributed by atoms with E-state index in [1.54, 1.807) is 0 Å². The maximum Gasteiger partial charge on any atom is 0.268 e. The Morgan fingerprint density at radius 2 is 2.07 bits per heavy atom. The molecule has 4 rings (SSSR count). The zero-order valence-corrected chi connectivity index (χ0v) is 18.4. The van der Waals surface area contributed by atoms with E-state index < -0.39 is 0 Å². The van der Waals surface area contributed by atoms with Crippen LogP contribution in [0.1, 0.15) is 34.1 Å². The summed E-state index contributed by atoms with van der Waals surface area (Å²) in [6.07, 6.45) is 0.950. The van der Waals surface area contributed by atoms with E-state index in [1.165, 1.54) is 11.3 Å². The zero-order chi connectivity index (χ0) is 21.1. The van der Waals surface area contributed by atoms with E-state index in [2.05, 4.69) is 17.2 Å². The van der Waals surface area contributed by atoms with Gasteiger partial charge in [0.25, 0.3) is 5.91 Å². The lowest BCUT2D eigenvalue weighted by Crippen LogP contribution is -2.15. The van der Waals surface area contributed by atoms with Crippen LogP contribution in [0.3, 0.4) is 0 Å². The predicted octanol–water partition coefficient (Wildman–Crippen LogP) is 6.30. The van der Waals surface area contributed by atoms with Crippen molar-refractivity contribution >= 4 is 45.8 Å². The number of rotatable bonds is 7. The normalized spacial score (nSPS) is 11.0. The van der Waals surface area contributed by atoms with Crippen LogP contribution in [0.5, 0.6) is 5.75 Å². The molecule has 0 unspecified atom stereocenters. The minimum atomic E-state index is -0.174. The fourth-order valence-electron chi connectivity index (χ4n) is 3.24. The number of aromatic nitrogens is 2. The molecule has 7 heteroatoms. The van der Waals surface area contributed by atoms with Gasteiger partial charge in [0.15, 0.2) is 0 Å². The summed E-state index contributed by atoms with van der Waals surface area (Å²) in [5.41, 5.74) is 3.89. The molecule has 0 radical (unpaired) electrons. The van der Waals surface area contributed by atoms with Crippen LogP contribution in [0, 0.1) is 6.92 Å². The summed E-state index contributed by atoms with van der Waals surface area (Å²) in [4.78, 5) is 18.0. The maximum absolute atomic E-state index is 12.8. The summed E-state index contributed by atoms with van der Waals surface area (Å²) in [6, 6.07) is 15.4. The largest absolute Gasteiger partial charge is 0.487 e. The first-order valence-electron chi connectivity index (χ1n) is 9.78. The number of benzene rings is 2. The number of anilines is 1. The van der Waals surface area contributed by atoms with E-state index in [0.717, 1.165) is 35.1 Å². The molecule has 0 aliphatic carbocycles. The average Bonchev–Trinajstić information content (AvgIpc) is 3.34. The van der Waals surface area contributed by atoms with Crippen molar-refractivity contribution in [2.24, 2.45) is 0 Å². The molecular formula is C23H22ClN3O2S. The Hall–Kier alpha value is -2.83. The highest BCUT2D eigenvalue weighted by Gasteiger charge is 2.16. The van der Waals surface area contributed by atoms with Gasteiger partial charge in [0, 0.05) is 12.1 Å². The number of nitrogens with zero attached hydrogens (tertiary/aromatic N) is 2. The number of hydrogen-bond donors (Lipinski definition) is 1.